The highest BCUT2D eigenvalue weighted by Crippen LogP contribution is 2.56. The van der Waals surface area contributed by atoms with Gasteiger partial charge in [0.1, 0.15) is 0 Å². The molecule has 0 aromatic heterocycles. The Morgan fingerprint density at radius 2 is 0.818 bits per heavy atom. The fourth-order valence-corrected chi connectivity index (χ4v) is 6.43. The van der Waals surface area contributed by atoms with Crippen LogP contribution in [0.15, 0.2) is 24.3 Å². The van der Waals surface area contributed by atoms with Crippen molar-refractivity contribution in [2.75, 3.05) is 0 Å². The van der Waals surface area contributed by atoms with Crippen molar-refractivity contribution in [3.8, 4) is 0 Å². The standard InChI is InChI=1S/C33H48/c1-29(2,3)21-17-25(31(7,8)9)23-13-15-33(27(23)19-21)16-14-24-26(32(10,11)12)18-22(20-28(24)33)30(4,5)6/h17-20H,13-16H2,1-12H3. The number of fused-ring (bicyclic) bond motifs is 4. The molecule has 0 N–H and O–H groups in total. The van der Waals surface area contributed by atoms with Gasteiger partial charge in [0, 0.05) is 5.41 Å². The van der Waals surface area contributed by atoms with Crippen molar-refractivity contribution in [1.29, 1.82) is 0 Å². The number of hydrogen-bond acceptors (Lipinski definition) is 0. The molecule has 0 atom stereocenters. The Bertz CT molecular complexity index is 992. The molecule has 0 heterocycles. The summed E-state index contributed by atoms with van der Waals surface area (Å²) < 4.78 is 0. The highest BCUT2D eigenvalue weighted by Gasteiger charge is 2.48. The molecule has 0 saturated carbocycles. The third-order valence-electron chi connectivity index (χ3n) is 8.48. The lowest BCUT2D eigenvalue weighted by Gasteiger charge is -2.34. The van der Waals surface area contributed by atoms with Gasteiger partial charge in [0.25, 0.3) is 0 Å². The van der Waals surface area contributed by atoms with E-state index in [1.165, 1.54) is 36.8 Å². The molecule has 2 aliphatic rings. The van der Waals surface area contributed by atoms with E-state index in [2.05, 4.69) is 107 Å². The molecule has 0 heteroatoms. The molecular formula is C33H48. The minimum Gasteiger partial charge on any atom is -0.0561 e. The Morgan fingerprint density at radius 3 is 1.09 bits per heavy atom. The van der Waals surface area contributed by atoms with Gasteiger partial charge < -0.3 is 0 Å². The highest BCUT2D eigenvalue weighted by atomic mass is 14.5. The quantitative estimate of drug-likeness (QED) is 0.380. The zero-order valence-electron chi connectivity index (χ0n) is 23.6. The zero-order valence-corrected chi connectivity index (χ0v) is 23.6. The van der Waals surface area contributed by atoms with Crippen molar-refractivity contribution in [1.82, 2.24) is 0 Å². The van der Waals surface area contributed by atoms with Crippen molar-refractivity contribution >= 4 is 0 Å². The smallest absolute Gasteiger partial charge is 0.0215 e. The summed E-state index contributed by atoms with van der Waals surface area (Å²) in [6, 6.07) is 10.3. The van der Waals surface area contributed by atoms with Gasteiger partial charge in [-0.1, -0.05) is 107 Å². The van der Waals surface area contributed by atoms with E-state index < -0.39 is 0 Å². The van der Waals surface area contributed by atoms with E-state index in [9.17, 15) is 0 Å². The molecule has 0 saturated heterocycles. The Balaban J connectivity index is 2.05. The lowest BCUT2D eigenvalue weighted by Crippen LogP contribution is -2.26. The lowest BCUT2D eigenvalue weighted by molar-refractivity contribution is 0.502. The fourth-order valence-electron chi connectivity index (χ4n) is 6.43. The molecule has 2 aliphatic carbocycles. The van der Waals surface area contributed by atoms with Crippen LogP contribution >= 0.6 is 0 Å². The summed E-state index contributed by atoms with van der Waals surface area (Å²) in [5, 5.41) is 0. The van der Waals surface area contributed by atoms with E-state index in [-0.39, 0.29) is 27.1 Å². The van der Waals surface area contributed by atoms with E-state index in [0.29, 0.717) is 0 Å². The second-order valence-electron chi connectivity index (χ2n) is 15.2. The topological polar surface area (TPSA) is 0 Å². The van der Waals surface area contributed by atoms with Gasteiger partial charge in [0.15, 0.2) is 0 Å². The summed E-state index contributed by atoms with van der Waals surface area (Å²) in [7, 11) is 0. The van der Waals surface area contributed by atoms with E-state index in [1.807, 2.05) is 0 Å². The fraction of sp³-hybridized carbons (Fsp3) is 0.636. The summed E-state index contributed by atoms with van der Waals surface area (Å²) in [4.78, 5) is 0. The van der Waals surface area contributed by atoms with Gasteiger partial charge in [-0.15, -0.1) is 0 Å². The maximum Gasteiger partial charge on any atom is 0.0215 e. The van der Waals surface area contributed by atoms with Crippen molar-refractivity contribution in [3.05, 3.63) is 68.8 Å². The van der Waals surface area contributed by atoms with Crippen molar-refractivity contribution < 1.29 is 0 Å². The molecule has 33 heavy (non-hydrogen) atoms. The Hall–Kier alpha value is -1.56. The van der Waals surface area contributed by atoms with Gasteiger partial charge >= 0.3 is 0 Å². The number of rotatable bonds is 0. The summed E-state index contributed by atoms with van der Waals surface area (Å²) in [5.41, 5.74) is 13.6. The number of hydrogen-bond donors (Lipinski definition) is 0. The molecule has 0 nitrogen and oxygen atoms in total. The van der Waals surface area contributed by atoms with Crippen LogP contribution in [0.1, 0.15) is 140 Å². The van der Waals surface area contributed by atoms with Gasteiger partial charge in [-0.25, -0.2) is 0 Å². The summed E-state index contributed by atoms with van der Waals surface area (Å²) in [6.07, 6.45) is 4.97. The number of benzene rings is 2. The van der Waals surface area contributed by atoms with Crippen LogP contribution in [0.5, 0.6) is 0 Å². The third-order valence-corrected chi connectivity index (χ3v) is 8.48. The van der Waals surface area contributed by atoms with Crippen LogP contribution in [-0.4, -0.2) is 0 Å². The van der Waals surface area contributed by atoms with Gasteiger partial charge in [-0.2, -0.15) is 0 Å². The first-order valence-electron chi connectivity index (χ1n) is 13.2. The van der Waals surface area contributed by atoms with Gasteiger partial charge in [0.05, 0.1) is 0 Å². The van der Waals surface area contributed by atoms with Crippen LogP contribution in [0.25, 0.3) is 0 Å². The van der Waals surface area contributed by atoms with Crippen molar-refractivity contribution in [3.63, 3.8) is 0 Å². The van der Waals surface area contributed by atoms with Gasteiger partial charge in [-0.3, -0.25) is 0 Å². The van der Waals surface area contributed by atoms with E-state index in [1.54, 1.807) is 33.4 Å². The van der Waals surface area contributed by atoms with Crippen LogP contribution in [0.3, 0.4) is 0 Å². The highest BCUT2D eigenvalue weighted by molar-refractivity contribution is 5.61. The normalized spacial score (nSPS) is 18.1. The molecular weight excluding hydrogens is 396 g/mol. The largest absolute Gasteiger partial charge is 0.0561 e. The molecule has 0 amide bonds. The SMILES string of the molecule is CC(C)(C)c1cc(C(C)(C)C)c2c(c1)C1(CC2)CCc2c(C(C)(C)C)cc(C(C)(C)C)cc21. The monoisotopic (exact) mass is 444 g/mol. The first kappa shape index (κ1) is 24.6. The second kappa shape index (κ2) is 7.22. The molecule has 180 valence electrons. The molecule has 0 bridgehead atoms. The summed E-state index contributed by atoms with van der Waals surface area (Å²) >= 11 is 0. The molecule has 2 aromatic rings. The zero-order chi connectivity index (χ0) is 24.8. The van der Waals surface area contributed by atoms with Gasteiger partial charge in [-0.05, 0) is 91.9 Å². The van der Waals surface area contributed by atoms with Gasteiger partial charge in [0.2, 0.25) is 0 Å². The van der Waals surface area contributed by atoms with Crippen LogP contribution in [-0.2, 0) is 39.9 Å². The summed E-state index contributed by atoms with van der Waals surface area (Å²) in [5.74, 6) is 0. The molecule has 0 radical (unpaired) electrons. The average molecular weight is 445 g/mol. The van der Waals surface area contributed by atoms with Crippen LogP contribution < -0.4 is 0 Å². The lowest BCUT2D eigenvalue weighted by atomic mass is 9.70. The average Bonchev–Trinajstić information content (AvgIpc) is 3.20. The van der Waals surface area contributed by atoms with Crippen LogP contribution in [0.2, 0.25) is 0 Å². The maximum absolute atomic E-state index is 2.62. The van der Waals surface area contributed by atoms with E-state index in [4.69, 9.17) is 0 Å². The third kappa shape index (κ3) is 4.00. The van der Waals surface area contributed by atoms with Crippen LogP contribution in [0.4, 0.5) is 0 Å². The van der Waals surface area contributed by atoms with Crippen LogP contribution in [0, 0.1) is 0 Å². The minimum absolute atomic E-state index is 0.157. The molecule has 0 aliphatic heterocycles. The first-order chi connectivity index (χ1) is 14.9. The first-order valence-corrected chi connectivity index (χ1v) is 13.2. The molecule has 2 aromatic carbocycles. The molecule has 0 unspecified atom stereocenters. The predicted octanol–water partition coefficient (Wildman–Crippen LogP) is 9.06. The summed E-state index contributed by atoms with van der Waals surface area (Å²) in [6.45, 7) is 28.7. The van der Waals surface area contributed by atoms with Crippen molar-refractivity contribution in [2.45, 2.75) is 136 Å². The Morgan fingerprint density at radius 1 is 0.485 bits per heavy atom. The molecule has 0 fully saturated rings. The molecule has 4 rings (SSSR count). The minimum atomic E-state index is 0.157. The Labute approximate surface area is 204 Å². The predicted molar refractivity (Wildman–Crippen MR) is 145 cm³/mol. The van der Waals surface area contributed by atoms with Crippen molar-refractivity contribution in [2.24, 2.45) is 0 Å². The Kier molecular flexibility index (Phi) is 5.38. The maximum atomic E-state index is 2.62. The van der Waals surface area contributed by atoms with E-state index >= 15 is 0 Å². The van der Waals surface area contributed by atoms with E-state index in [0.717, 1.165) is 0 Å². The molecule has 1 spiro atoms. The second-order valence-corrected chi connectivity index (χ2v) is 15.2.